The number of nitrogens with zero attached hydrogens (tertiary/aromatic N) is 1. The van der Waals surface area contributed by atoms with Gasteiger partial charge >= 0.3 is 0 Å². The maximum Gasteiger partial charge on any atom is 0.239 e. The maximum absolute atomic E-state index is 11.8. The third kappa shape index (κ3) is 5.81. The molecule has 1 aromatic carbocycles. The topological polar surface area (TPSA) is 70.7 Å². The highest BCUT2D eigenvalue weighted by Crippen LogP contribution is 2.28. The number of rotatable bonds is 7. The minimum atomic E-state index is -0.153. The van der Waals surface area contributed by atoms with Gasteiger partial charge in [0, 0.05) is 32.1 Å². The number of hydrogen-bond acceptors (Lipinski definition) is 4. The second-order valence-electron chi connectivity index (χ2n) is 7.54. The van der Waals surface area contributed by atoms with Crippen LogP contribution in [0.15, 0.2) is 24.3 Å². The monoisotopic (exact) mass is 359 g/mol. The van der Waals surface area contributed by atoms with Crippen LogP contribution in [0, 0.1) is 5.92 Å². The molecule has 1 saturated carbocycles. The van der Waals surface area contributed by atoms with Crippen LogP contribution in [-0.4, -0.2) is 48.6 Å². The van der Waals surface area contributed by atoms with Crippen molar-refractivity contribution in [1.29, 1.82) is 0 Å². The van der Waals surface area contributed by atoms with Crippen molar-refractivity contribution >= 4 is 11.8 Å². The van der Waals surface area contributed by atoms with Gasteiger partial charge < -0.3 is 15.4 Å². The highest BCUT2D eigenvalue weighted by atomic mass is 16.5. The van der Waals surface area contributed by atoms with Crippen molar-refractivity contribution in [3.8, 4) is 0 Å². The second kappa shape index (κ2) is 8.64. The lowest BCUT2D eigenvalue weighted by atomic mass is 10.1. The summed E-state index contributed by atoms with van der Waals surface area (Å²) in [5, 5.41) is 5.52. The fourth-order valence-corrected chi connectivity index (χ4v) is 3.35. The number of morpholine rings is 1. The summed E-state index contributed by atoms with van der Waals surface area (Å²) in [5.74, 6) is -0.0246. The molecule has 6 heteroatoms. The van der Waals surface area contributed by atoms with Crippen molar-refractivity contribution in [3.05, 3.63) is 35.4 Å². The average molecular weight is 359 g/mol. The Hall–Kier alpha value is -1.92. The van der Waals surface area contributed by atoms with Gasteiger partial charge in [-0.1, -0.05) is 24.3 Å². The van der Waals surface area contributed by atoms with E-state index in [1.54, 1.807) is 0 Å². The number of carbonyl (C=O) groups is 2. The summed E-state index contributed by atoms with van der Waals surface area (Å²) in [6, 6.07) is 8.32. The van der Waals surface area contributed by atoms with Gasteiger partial charge in [0.15, 0.2) is 0 Å². The van der Waals surface area contributed by atoms with E-state index in [-0.39, 0.29) is 36.5 Å². The van der Waals surface area contributed by atoms with E-state index in [1.165, 1.54) is 5.56 Å². The van der Waals surface area contributed by atoms with Gasteiger partial charge in [0.25, 0.3) is 0 Å². The molecule has 2 fully saturated rings. The Morgan fingerprint density at radius 3 is 2.27 bits per heavy atom. The Labute approximate surface area is 155 Å². The largest absolute Gasteiger partial charge is 0.373 e. The Kier molecular flexibility index (Phi) is 6.27. The lowest BCUT2D eigenvalue weighted by Gasteiger charge is -2.35. The third-order valence-electron chi connectivity index (χ3n) is 4.79. The molecule has 2 unspecified atom stereocenters. The number of amides is 2. The predicted molar refractivity (Wildman–Crippen MR) is 99.3 cm³/mol. The quantitative estimate of drug-likeness (QED) is 0.773. The summed E-state index contributed by atoms with van der Waals surface area (Å²) >= 11 is 0. The third-order valence-corrected chi connectivity index (χ3v) is 4.79. The molecule has 3 rings (SSSR count). The van der Waals surface area contributed by atoms with Crippen molar-refractivity contribution in [2.75, 3.05) is 19.6 Å². The van der Waals surface area contributed by atoms with Crippen molar-refractivity contribution in [3.63, 3.8) is 0 Å². The van der Waals surface area contributed by atoms with Crippen LogP contribution in [0.4, 0.5) is 0 Å². The zero-order valence-electron chi connectivity index (χ0n) is 15.7. The van der Waals surface area contributed by atoms with E-state index >= 15 is 0 Å². The lowest BCUT2D eigenvalue weighted by Crippen LogP contribution is -2.44. The molecule has 142 valence electrons. The summed E-state index contributed by atoms with van der Waals surface area (Å²) in [7, 11) is 0. The molecule has 2 aliphatic rings. The molecule has 2 N–H and O–H groups in total. The molecule has 0 bridgehead atoms. The van der Waals surface area contributed by atoms with E-state index < -0.39 is 0 Å². The van der Waals surface area contributed by atoms with Crippen LogP contribution in [0.1, 0.15) is 37.8 Å². The summed E-state index contributed by atoms with van der Waals surface area (Å²) in [6.07, 6.45) is 2.44. The number of benzene rings is 1. The number of hydrogen-bond donors (Lipinski definition) is 2. The number of nitrogens with one attached hydrogen (secondary N) is 2. The summed E-state index contributed by atoms with van der Waals surface area (Å²) in [5.41, 5.74) is 2.32. The molecular formula is C20H29N3O3. The minimum absolute atomic E-state index is 0.00347. The Morgan fingerprint density at radius 2 is 1.65 bits per heavy atom. The van der Waals surface area contributed by atoms with E-state index in [0.29, 0.717) is 6.54 Å². The van der Waals surface area contributed by atoms with Crippen LogP contribution < -0.4 is 10.6 Å². The van der Waals surface area contributed by atoms with Crippen molar-refractivity contribution in [2.45, 2.75) is 52.0 Å². The van der Waals surface area contributed by atoms with Gasteiger partial charge in [-0.3, -0.25) is 14.5 Å². The SMILES string of the molecule is CC1CN(Cc2ccc(CNC(=O)CNC(=O)C3CC3)cc2)CC(C)O1. The van der Waals surface area contributed by atoms with E-state index in [4.69, 9.17) is 4.74 Å². The highest BCUT2D eigenvalue weighted by molar-refractivity contribution is 5.86. The maximum atomic E-state index is 11.8. The van der Waals surface area contributed by atoms with E-state index in [0.717, 1.165) is 38.0 Å². The molecule has 0 spiro atoms. The fraction of sp³-hybridized carbons (Fsp3) is 0.600. The molecular weight excluding hydrogens is 330 g/mol. The first-order chi connectivity index (χ1) is 12.5. The van der Waals surface area contributed by atoms with E-state index in [9.17, 15) is 9.59 Å². The van der Waals surface area contributed by atoms with E-state index in [2.05, 4.69) is 41.5 Å². The standard InChI is InChI=1S/C20H29N3O3/c1-14-11-23(12-15(2)26-14)13-17-5-3-16(4-6-17)9-21-19(24)10-22-20(25)18-7-8-18/h3-6,14-15,18H,7-13H2,1-2H3,(H,21,24)(H,22,25). The summed E-state index contributed by atoms with van der Waals surface area (Å²) < 4.78 is 5.77. The molecule has 2 atom stereocenters. The van der Waals surface area contributed by atoms with Gasteiger partial charge in [0.05, 0.1) is 18.8 Å². The van der Waals surface area contributed by atoms with Crippen LogP contribution in [0.3, 0.4) is 0 Å². The Morgan fingerprint density at radius 1 is 1.04 bits per heavy atom. The molecule has 0 aromatic heterocycles. The molecule has 1 aliphatic carbocycles. The molecule has 0 radical (unpaired) electrons. The van der Waals surface area contributed by atoms with Crippen LogP contribution in [0.5, 0.6) is 0 Å². The normalized spacial score (nSPS) is 23.5. The summed E-state index contributed by atoms with van der Waals surface area (Å²) in [6.45, 7) is 7.58. The predicted octanol–water partition coefficient (Wildman–Crippen LogP) is 1.44. The molecule has 26 heavy (non-hydrogen) atoms. The molecule has 1 saturated heterocycles. The highest BCUT2D eigenvalue weighted by Gasteiger charge is 2.29. The molecule has 6 nitrogen and oxygen atoms in total. The first-order valence-corrected chi connectivity index (χ1v) is 9.49. The van der Waals surface area contributed by atoms with Crippen LogP contribution in [0.25, 0.3) is 0 Å². The Balaban J connectivity index is 1.39. The molecule has 1 aliphatic heterocycles. The summed E-state index contributed by atoms with van der Waals surface area (Å²) in [4.78, 5) is 25.7. The van der Waals surface area contributed by atoms with E-state index in [1.807, 2.05) is 12.1 Å². The first-order valence-electron chi connectivity index (χ1n) is 9.49. The van der Waals surface area contributed by atoms with Crippen molar-refractivity contribution < 1.29 is 14.3 Å². The molecule has 1 aromatic rings. The van der Waals surface area contributed by atoms with Crippen LogP contribution >= 0.6 is 0 Å². The smallest absolute Gasteiger partial charge is 0.239 e. The Bertz CT molecular complexity index is 618. The van der Waals surface area contributed by atoms with Gasteiger partial charge in [0.2, 0.25) is 11.8 Å². The first kappa shape index (κ1) is 18.9. The van der Waals surface area contributed by atoms with Gasteiger partial charge in [-0.05, 0) is 37.8 Å². The molecule has 1 heterocycles. The second-order valence-corrected chi connectivity index (χ2v) is 7.54. The van der Waals surface area contributed by atoms with Crippen LogP contribution in [-0.2, 0) is 27.4 Å². The zero-order valence-corrected chi connectivity index (χ0v) is 15.7. The van der Waals surface area contributed by atoms with Crippen molar-refractivity contribution in [2.24, 2.45) is 5.92 Å². The molecule has 2 amide bonds. The van der Waals surface area contributed by atoms with Gasteiger partial charge in [-0.2, -0.15) is 0 Å². The zero-order chi connectivity index (χ0) is 18.5. The average Bonchev–Trinajstić information content (AvgIpc) is 3.43. The van der Waals surface area contributed by atoms with Crippen molar-refractivity contribution in [1.82, 2.24) is 15.5 Å². The van der Waals surface area contributed by atoms with Gasteiger partial charge in [-0.15, -0.1) is 0 Å². The lowest BCUT2D eigenvalue weighted by molar-refractivity contribution is -0.126. The van der Waals surface area contributed by atoms with Gasteiger partial charge in [0.1, 0.15) is 0 Å². The minimum Gasteiger partial charge on any atom is -0.373 e. The van der Waals surface area contributed by atoms with Crippen LogP contribution in [0.2, 0.25) is 0 Å². The fourth-order valence-electron chi connectivity index (χ4n) is 3.35. The van der Waals surface area contributed by atoms with Gasteiger partial charge in [-0.25, -0.2) is 0 Å². The number of carbonyl (C=O) groups excluding carboxylic acids is 2. The number of ether oxygens (including phenoxy) is 1.